The first-order valence-corrected chi connectivity index (χ1v) is 8.03. The maximum Gasteiger partial charge on any atom is 0.252 e. The second-order valence-electron chi connectivity index (χ2n) is 6.04. The molecule has 114 valence electrons. The van der Waals surface area contributed by atoms with Crippen LogP contribution in [-0.4, -0.2) is 43.6 Å². The minimum atomic E-state index is -0.0168. The van der Waals surface area contributed by atoms with Gasteiger partial charge in [-0.15, -0.1) is 0 Å². The second kappa shape index (κ2) is 6.89. The largest absolute Gasteiger partial charge is 0.357 e. The lowest BCUT2D eigenvalue weighted by Gasteiger charge is -2.27. The molecule has 2 aliphatic heterocycles. The molecule has 0 unspecified atom stereocenters. The summed E-state index contributed by atoms with van der Waals surface area (Å²) in [6.45, 7) is 4.92. The number of nitrogens with zero attached hydrogens (tertiary/aromatic N) is 2. The predicted molar refractivity (Wildman–Crippen MR) is 83.6 cm³/mol. The van der Waals surface area contributed by atoms with E-state index in [1.165, 1.54) is 25.7 Å². The van der Waals surface area contributed by atoms with Gasteiger partial charge in [-0.2, -0.15) is 0 Å². The van der Waals surface area contributed by atoms with Gasteiger partial charge in [-0.3, -0.25) is 4.79 Å². The number of carbonyl (C=O) groups is 1. The van der Waals surface area contributed by atoms with E-state index in [0.29, 0.717) is 11.5 Å². The van der Waals surface area contributed by atoms with Crippen LogP contribution in [0.4, 0.5) is 5.82 Å². The van der Waals surface area contributed by atoms with E-state index in [2.05, 4.69) is 20.5 Å². The molecule has 0 spiro atoms. The third-order valence-electron chi connectivity index (χ3n) is 4.36. The molecule has 3 heterocycles. The van der Waals surface area contributed by atoms with E-state index in [1.807, 2.05) is 12.1 Å². The Morgan fingerprint density at radius 3 is 2.57 bits per heavy atom. The molecule has 2 saturated heterocycles. The summed E-state index contributed by atoms with van der Waals surface area (Å²) in [5, 5.41) is 6.18. The molecule has 21 heavy (non-hydrogen) atoms. The van der Waals surface area contributed by atoms with Crippen molar-refractivity contribution in [1.82, 2.24) is 15.6 Å². The number of amides is 1. The summed E-state index contributed by atoms with van der Waals surface area (Å²) in [4.78, 5) is 18.9. The zero-order valence-electron chi connectivity index (χ0n) is 12.5. The standard InChI is InChI=1S/C16H24N4O/c21-16(19-11-13-9-17-10-13)14-5-6-15(18-12-14)20-7-3-1-2-4-8-20/h5-6,12-13,17H,1-4,7-11H2,(H,19,21). The molecule has 2 N–H and O–H groups in total. The summed E-state index contributed by atoms with van der Waals surface area (Å²) >= 11 is 0. The molecular formula is C16H24N4O. The molecule has 5 nitrogen and oxygen atoms in total. The summed E-state index contributed by atoms with van der Waals surface area (Å²) in [6, 6.07) is 3.87. The molecule has 2 aliphatic rings. The maximum absolute atomic E-state index is 12.0. The van der Waals surface area contributed by atoms with Crippen LogP contribution in [0.2, 0.25) is 0 Å². The third kappa shape index (κ3) is 3.73. The van der Waals surface area contributed by atoms with Crippen molar-refractivity contribution in [3.8, 4) is 0 Å². The Balaban J connectivity index is 1.55. The molecule has 3 rings (SSSR count). The van der Waals surface area contributed by atoms with E-state index in [0.717, 1.165) is 38.5 Å². The summed E-state index contributed by atoms with van der Waals surface area (Å²) in [6.07, 6.45) is 6.80. The van der Waals surface area contributed by atoms with Crippen LogP contribution in [0.15, 0.2) is 18.3 Å². The zero-order chi connectivity index (χ0) is 14.5. The molecule has 0 radical (unpaired) electrons. The lowest BCUT2D eigenvalue weighted by molar-refractivity contribution is 0.0942. The lowest BCUT2D eigenvalue weighted by atomic mass is 10.0. The van der Waals surface area contributed by atoms with Gasteiger partial charge >= 0.3 is 0 Å². The average molecular weight is 288 g/mol. The minimum absolute atomic E-state index is 0.0168. The van der Waals surface area contributed by atoms with Crippen LogP contribution < -0.4 is 15.5 Å². The Morgan fingerprint density at radius 2 is 2.00 bits per heavy atom. The van der Waals surface area contributed by atoms with E-state index in [4.69, 9.17) is 0 Å². The number of hydrogen-bond acceptors (Lipinski definition) is 4. The van der Waals surface area contributed by atoms with Crippen LogP contribution >= 0.6 is 0 Å². The fourth-order valence-corrected chi connectivity index (χ4v) is 2.84. The summed E-state index contributed by atoms with van der Waals surface area (Å²) < 4.78 is 0. The van der Waals surface area contributed by atoms with Crippen LogP contribution in [0.3, 0.4) is 0 Å². The molecule has 1 amide bonds. The van der Waals surface area contributed by atoms with Crippen molar-refractivity contribution >= 4 is 11.7 Å². The van der Waals surface area contributed by atoms with Gasteiger partial charge in [0.15, 0.2) is 0 Å². The predicted octanol–water partition coefficient (Wildman–Crippen LogP) is 1.41. The number of aromatic nitrogens is 1. The molecule has 2 fully saturated rings. The lowest BCUT2D eigenvalue weighted by Crippen LogP contribution is -2.48. The van der Waals surface area contributed by atoms with E-state index in [-0.39, 0.29) is 5.91 Å². The number of rotatable bonds is 4. The highest BCUT2D eigenvalue weighted by Gasteiger charge is 2.18. The molecule has 1 aromatic heterocycles. The Kier molecular flexibility index (Phi) is 4.70. The first-order chi connectivity index (χ1) is 10.3. The quantitative estimate of drug-likeness (QED) is 0.879. The SMILES string of the molecule is O=C(NCC1CNC1)c1ccc(N2CCCCCC2)nc1. The molecule has 5 heteroatoms. The Bertz CT molecular complexity index is 462. The average Bonchev–Trinajstić information content (AvgIpc) is 2.75. The van der Waals surface area contributed by atoms with Crippen LogP contribution in [0.5, 0.6) is 0 Å². The van der Waals surface area contributed by atoms with Crippen molar-refractivity contribution in [2.75, 3.05) is 37.6 Å². The van der Waals surface area contributed by atoms with Crippen molar-refractivity contribution in [2.24, 2.45) is 5.92 Å². The summed E-state index contributed by atoms with van der Waals surface area (Å²) in [7, 11) is 0. The normalized spacial score (nSPS) is 19.7. The number of hydrogen-bond donors (Lipinski definition) is 2. The smallest absolute Gasteiger partial charge is 0.252 e. The van der Waals surface area contributed by atoms with Gasteiger partial charge in [0.25, 0.3) is 5.91 Å². The number of anilines is 1. The number of nitrogens with one attached hydrogen (secondary N) is 2. The number of carbonyl (C=O) groups excluding carboxylic acids is 1. The van der Waals surface area contributed by atoms with Crippen LogP contribution in [0.25, 0.3) is 0 Å². The fourth-order valence-electron chi connectivity index (χ4n) is 2.84. The molecule has 0 aliphatic carbocycles. The monoisotopic (exact) mass is 288 g/mol. The van der Waals surface area contributed by atoms with Crippen molar-refractivity contribution in [1.29, 1.82) is 0 Å². The van der Waals surface area contributed by atoms with Gasteiger partial charge in [0.2, 0.25) is 0 Å². The van der Waals surface area contributed by atoms with Gasteiger partial charge < -0.3 is 15.5 Å². The van der Waals surface area contributed by atoms with E-state index in [9.17, 15) is 4.79 Å². The van der Waals surface area contributed by atoms with Gasteiger partial charge in [-0.25, -0.2) is 4.98 Å². The highest BCUT2D eigenvalue weighted by molar-refractivity contribution is 5.94. The van der Waals surface area contributed by atoms with E-state index < -0.39 is 0 Å². The van der Waals surface area contributed by atoms with Gasteiger partial charge in [-0.05, 0) is 25.0 Å². The molecule has 0 atom stereocenters. The third-order valence-corrected chi connectivity index (χ3v) is 4.36. The highest BCUT2D eigenvalue weighted by atomic mass is 16.1. The topological polar surface area (TPSA) is 57.3 Å². The Labute approximate surface area is 126 Å². The summed E-state index contributed by atoms with van der Waals surface area (Å²) in [5.74, 6) is 1.56. The second-order valence-corrected chi connectivity index (χ2v) is 6.04. The molecular weight excluding hydrogens is 264 g/mol. The first kappa shape index (κ1) is 14.3. The number of pyridine rings is 1. The highest BCUT2D eigenvalue weighted by Crippen LogP contribution is 2.17. The van der Waals surface area contributed by atoms with E-state index in [1.54, 1.807) is 6.20 Å². The molecule has 0 saturated carbocycles. The van der Waals surface area contributed by atoms with Crippen LogP contribution in [0.1, 0.15) is 36.0 Å². The Hall–Kier alpha value is -1.62. The van der Waals surface area contributed by atoms with Crippen molar-refractivity contribution in [3.05, 3.63) is 23.9 Å². The van der Waals surface area contributed by atoms with E-state index >= 15 is 0 Å². The van der Waals surface area contributed by atoms with Gasteiger partial charge in [0.05, 0.1) is 5.56 Å². The first-order valence-electron chi connectivity index (χ1n) is 8.03. The maximum atomic E-state index is 12.0. The van der Waals surface area contributed by atoms with Crippen molar-refractivity contribution in [3.63, 3.8) is 0 Å². The van der Waals surface area contributed by atoms with Crippen LogP contribution in [0, 0.1) is 5.92 Å². The minimum Gasteiger partial charge on any atom is -0.357 e. The van der Waals surface area contributed by atoms with Crippen molar-refractivity contribution in [2.45, 2.75) is 25.7 Å². The molecule has 0 bridgehead atoms. The van der Waals surface area contributed by atoms with Crippen LogP contribution in [-0.2, 0) is 0 Å². The van der Waals surface area contributed by atoms with Gasteiger partial charge in [0, 0.05) is 44.8 Å². The van der Waals surface area contributed by atoms with Crippen molar-refractivity contribution < 1.29 is 4.79 Å². The summed E-state index contributed by atoms with van der Waals surface area (Å²) in [5.41, 5.74) is 0.654. The van der Waals surface area contributed by atoms with Gasteiger partial charge in [0.1, 0.15) is 5.82 Å². The molecule has 0 aromatic carbocycles. The Morgan fingerprint density at radius 1 is 1.24 bits per heavy atom. The van der Waals surface area contributed by atoms with Gasteiger partial charge in [-0.1, -0.05) is 12.8 Å². The molecule has 1 aromatic rings. The fraction of sp³-hybridized carbons (Fsp3) is 0.625. The zero-order valence-corrected chi connectivity index (χ0v) is 12.5.